The van der Waals surface area contributed by atoms with Crippen LogP contribution in [0.4, 0.5) is 0 Å². The molecular weight excluding hydrogens is 232 g/mol. The van der Waals surface area contributed by atoms with Crippen LogP contribution < -0.4 is 0 Å². The molecule has 0 bridgehead atoms. The highest BCUT2D eigenvalue weighted by Gasteiger charge is 2.41. The van der Waals surface area contributed by atoms with Gasteiger partial charge in [0.15, 0.2) is 0 Å². The molecule has 1 aliphatic carbocycles. The molecule has 0 N–H and O–H groups in total. The van der Waals surface area contributed by atoms with Crippen molar-refractivity contribution in [3.05, 3.63) is 0 Å². The Morgan fingerprint density at radius 3 is 2.26 bits per heavy atom. The summed E-state index contributed by atoms with van der Waals surface area (Å²) in [7, 11) is 4.61. The van der Waals surface area contributed by atoms with Crippen molar-refractivity contribution in [2.75, 3.05) is 27.2 Å². The van der Waals surface area contributed by atoms with Crippen LogP contribution in [0, 0.1) is 5.92 Å². The number of likely N-dealkylation sites (tertiary alicyclic amines) is 1. The average molecular weight is 266 g/mol. The van der Waals surface area contributed by atoms with Gasteiger partial charge in [-0.25, -0.2) is 0 Å². The van der Waals surface area contributed by atoms with Gasteiger partial charge in [0.1, 0.15) is 0 Å². The SMILES string of the molecule is CN(C)[C@]1(CC2CCCC2)CCCN(C(C)(C)C)C1. The van der Waals surface area contributed by atoms with Crippen molar-refractivity contribution in [1.82, 2.24) is 9.80 Å². The molecule has 0 radical (unpaired) electrons. The van der Waals surface area contributed by atoms with Crippen molar-refractivity contribution >= 4 is 0 Å². The highest BCUT2D eigenvalue weighted by molar-refractivity contribution is 4.99. The highest BCUT2D eigenvalue weighted by Crippen LogP contribution is 2.39. The molecule has 0 spiro atoms. The molecule has 1 aliphatic heterocycles. The smallest absolute Gasteiger partial charge is 0.0333 e. The van der Waals surface area contributed by atoms with Crippen LogP contribution in [0.1, 0.15) is 65.7 Å². The van der Waals surface area contributed by atoms with E-state index in [1.165, 1.54) is 58.0 Å². The van der Waals surface area contributed by atoms with Gasteiger partial charge in [-0.3, -0.25) is 4.90 Å². The first kappa shape index (κ1) is 15.3. The first-order chi connectivity index (χ1) is 8.83. The van der Waals surface area contributed by atoms with Gasteiger partial charge in [0.25, 0.3) is 0 Å². The van der Waals surface area contributed by atoms with E-state index < -0.39 is 0 Å². The van der Waals surface area contributed by atoms with E-state index in [-0.39, 0.29) is 0 Å². The minimum atomic E-state index is 0.317. The van der Waals surface area contributed by atoms with Crippen molar-refractivity contribution < 1.29 is 0 Å². The Kier molecular flexibility index (Phi) is 4.62. The second-order valence-electron chi connectivity index (χ2n) is 8.17. The Bertz CT molecular complexity index is 286. The molecular formula is C17H34N2. The lowest BCUT2D eigenvalue weighted by Gasteiger charge is -2.52. The molecule has 2 heteroatoms. The van der Waals surface area contributed by atoms with Gasteiger partial charge in [0.2, 0.25) is 0 Å². The second kappa shape index (κ2) is 5.73. The van der Waals surface area contributed by atoms with Crippen LogP contribution in [0.3, 0.4) is 0 Å². The molecule has 1 atom stereocenters. The molecule has 2 nitrogen and oxygen atoms in total. The van der Waals surface area contributed by atoms with E-state index in [1.54, 1.807) is 0 Å². The Morgan fingerprint density at radius 2 is 1.74 bits per heavy atom. The summed E-state index contributed by atoms with van der Waals surface area (Å²) < 4.78 is 0. The molecule has 0 unspecified atom stereocenters. The van der Waals surface area contributed by atoms with Gasteiger partial charge in [-0.05, 0) is 66.6 Å². The minimum Gasteiger partial charge on any atom is -0.302 e. The van der Waals surface area contributed by atoms with Gasteiger partial charge >= 0.3 is 0 Å². The van der Waals surface area contributed by atoms with Crippen LogP contribution in [0.2, 0.25) is 0 Å². The number of hydrogen-bond donors (Lipinski definition) is 0. The molecule has 1 saturated carbocycles. The van der Waals surface area contributed by atoms with E-state index in [0.717, 1.165) is 5.92 Å². The predicted octanol–water partition coefficient (Wildman–Crippen LogP) is 3.76. The van der Waals surface area contributed by atoms with E-state index in [1.807, 2.05) is 0 Å². The normalized spacial score (nSPS) is 31.3. The van der Waals surface area contributed by atoms with Crippen LogP contribution in [0.25, 0.3) is 0 Å². The van der Waals surface area contributed by atoms with E-state index in [4.69, 9.17) is 0 Å². The van der Waals surface area contributed by atoms with Gasteiger partial charge in [-0.2, -0.15) is 0 Å². The van der Waals surface area contributed by atoms with Crippen molar-refractivity contribution in [3.63, 3.8) is 0 Å². The maximum atomic E-state index is 2.71. The summed E-state index contributed by atoms with van der Waals surface area (Å²) in [5.74, 6) is 0.988. The zero-order valence-corrected chi connectivity index (χ0v) is 13.8. The summed E-state index contributed by atoms with van der Waals surface area (Å²) in [5, 5.41) is 0. The fourth-order valence-corrected chi connectivity index (χ4v) is 4.15. The summed E-state index contributed by atoms with van der Waals surface area (Å²) in [4.78, 5) is 5.26. The van der Waals surface area contributed by atoms with Gasteiger partial charge in [0.05, 0.1) is 0 Å². The highest BCUT2D eigenvalue weighted by atomic mass is 15.3. The topological polar surface area (TPSA) is 6.48 Å². The third kappa shape index (κ3) is 3.52. The molecule has 19 heavy (non-hydrogen) atoms. The second-order valence-corrected chi connectivity index (χ2v) is 8.17. The van der Waals surface area contributed by atoms with Crippen molar-refractivity contribution in [1.29, 1.82) is 0 Å². The fourth-order valence-electron chi connectivity index (χ4n) is 4.15. The first-order valence-corrected chi connectivity index (χ1v) is 8.26. The van der Waals surface area contributed by atoms with E-state index in [0.29, 0.717) is 11.1 Å². The average Bonchev–Trinajstić information content (AvgIpc) is 2.80. The number of nitrogens with zero attached hydrogens (tertiary/aromatic N) is 2. The number of likely N-dealkylation sites (N-methyl/N-ethyl adjacent to an activating group) is 1. The van der Waals surface area contributed by atoms with Gasteiger partial charge in [0, 0.05) is 17.6 Å². The largest absolute Gasteiger partial charge is 0.302 e. The zero-order valence-electron chi connectivity index (χ0n) is 13.8. The molecule has 112 valence electrons. The van der Waals surface area contributed by atoms with Crippen molar-refractivity contribution in [3.8, 4) is 0 Å². The zero-order chi connectivity index (χ0) is 14.1. The molecule has 2 rings (SSSR count). The lowest BCUT2D eigenvalue weighted by molar-refractivity contribution is -0.0124. The molecule has 0 amide bonds. The van der Waals surface area contributed by atoms with Gasteiger partial charge in [-0.1, -0.05) is 25.7 Å². The standard InChI is InChI=1S/C17H34N2/c1-16(2,3)19-12-8-11-17(14-19,18(4)5)13-15-9-6-7-10-15/h15H,6-14H2,1-5H3/t17-/m0/s1. The third-order valence-corrected chi connectivity index (χ3v) is 5.60. The van der Waals surface area contributed by atoms with E-state index in [9.17, 15) is 0 Å². The molecule has 1 heterocycles. The Morgan fingerprint density at radius 1 is 1.11 bits per heavy atom. The predicted molar refractivity (Wildman–Crippen MR) is 83.6 cm³/mol. The monoisotopic (exact) mass is 266 g/mol. The van der Waals surface area contributed by atoms with Crippen LogP contribution in [-0.2, 0) is 0 Å². The summed E-state index contributed by atoms with van der Waals surface area (Å²) in [6.07, 6.45) is 10.1. The van der Waals surface area contributed by atoms with Crippen molar-refractivity contribution in [2.24, 2.45) is 5.92 Å². The van der Waals surface area contributed by atoms with Crippen LogP contribution in [-0.4, -0.2) is 48.1 Å². The Hall–Kier alpha value is -0.0800. The number of rotatable bonds is 3. The molecule has 2 fully saturated rings. The maximum absolute atomic E-state index is 2.71. The maximum Gasteiger partial charge on any atom is 0.0333 e. The molecule has 0 aromatic carbocycles. The molecule has 2 aliphatic rings. The summed E-state index contributed by atoms with van der Waals surface area (Å²) in [6, 6.07) is 0. The van der Waals surface area contributed by atoms with Crippen molar-refractivity contribution in [2.45, 2.75) is 76.8 Å². The Labute approximate surface area is 120 Å². The lowest BCUT2D eigenvalue weighted by Crippen LogP contribution is -2.60. The van der Waals surface area contributed by atoms with E-state index in [2.05, 4.69) is 44.7 Å². The van der Waals surface area contributed by atoms with Gasteiger partial charge in [-0.15, -0.1) is 0 Å². The molecule has 1 saturated heterocycles. The summed E-state index contributed by atoms with van der Waals surface area (Å²) in [5.41, 5.74) is 0.748. The van der Waals surface area contributed by atoms with Crippen LogP contribution >= 0.6 is 0 Å². The lowest BCUT2D eigenvalue weighted by atomic mass is 9.78. The first-order valence-electron chi connectivity index (χ1n) is 8.26. The summed E-state index contributed by atoms with van der Waals surface area (Å²) in [6.45, 7) is 9.65. The van der Waals surface area contributed by atoms with Crippen LogP contribution in [0.15, 0.2) is 0 Å². The fraction of sp³-hybridized carbons (Fsp3) is 1.00. The number of hydrogen-bond acceptors (Lipinski definition) is 2. The van der Waals surface area contributed by atoms with E-state index >= 15 is 0 Å². The number of piperidine rings is 1. The molecule has 0 aromatic rings. The minimum absolute atomic E-state index is 0.317. The summed E-state index contributed by atoms with van der Waals surface area (Å²) >= 11 is 0. The third-order valence-electron chi connectivity index (χ3n) is 5.60. The van der Waals surface area contributed by atoms with Crippen LogP contribution in [0.5, 0.6) is 0 Å². The Balaban J connectivity index is 2.09. The molecule has 0 aromatic heterocycles. The quantitative estimate of drug-likeness (QED) is 0.767. The van der Waals surface area contributed by atoms with Gasteiger partial charge < -0.3 is 4.90 Å².